The van der Waals surface area contributed by atoms with Crippen LogP contribution in [0.5, 0.6) is 0 Å². The summed E-state index contributed by atoms with van der Waals surface area (Å²) in [6.07, 6.45) is 3.65. The molecule has 0 saturated carbocycles. The molecule has 4 bridgehead atoms. The first-order chi connectivity index (χ1) is 12.2. The van der Waals surface area contributed by atoms with Gasteiger partial charge in [0.2, 0.25) is 0 Å². The summed E-state index contributed by atoms with van der Waals surface area (Å²) < 4.78 is 0. The zero-order valence-corrected chi connectivity index (χ0v) is 15.2. The third kappa shape index (κ3) is 4.57. The fourth-order valence-corrected chi connectivity index (χ4v) is 3.23. The van der Waals surface area contributed by atoms with Crippen molar-refractivity contribution < 1.29 is 4.79 Å². The minimum absolute atomic E-state index is 0.150. The average Bonchev–Trinajstić information content (AvgIpc) is 2.62. The number of rotatable bonds is 2. The highest BCUT2D eigenvalue weighted by atomic mass is 32.1. The second kappa shape index (κ2) is 8.12. The van der Waals surface area contributed by atoms with Crippen LogP contribution in [0.1, 0.15) is 39.5 Å². The maximum Gasteiger partial charge on any atom is 0.269 e. The van der Waals surface area contributed by atoms with Crippen LogP contribution in [0.4, 0.5) is 0 Å². The van der Waals surface area contributed by atoms with Crippen molar-refractivity contribution in [2.24, 2.45) is 0 Å². The SMILES string of the molecule is CCNC(=S)NNC(=O)c1cc2ccc1CCc1ccc(cc1)CC2. The van der Waals surface area contributed by atoms with Gasteiger partial charge in [-0.05, 0) is 73.1 Å². The smallest absolute Gasteiger partial charge is 0.269 e. The Bertz CT molecular complexity index is 771. The number of thiocarbonyl (C=S) groups is 1. The second-order valence-electron chi connectivity index (χ2n) is 6.25. The van der Waals surface area contributed by atoms with Gasteiger partial charge in [-0.25, -0.2) is 0 Å². The van der Waals surface area contributed by atoms with E-state index in [1.165, 1.54) is 16.7 Å². The molecule has 0 atom stereocenters. The van der Waals surface area contributed by atoms with Crippen molar-refractivity contribution >= 4 is 23.2 Å². The third-order valence-corrected chi connectivity index (χ3v) is 4.70. The lowest BCUT2D eigenvalue weighted by Gasteiger charge is -2.15. The molecule has 6 rings (SSSR count). The standard InChI is InChI=1S/C20H23N3OS/c1-2-21-20(25)23-22-19(24)18-13-16-8-7-14-3-5-15(6-4-14)9-11-17(18)12-10-16/h3-6,10,12-13H,2,7-9,11H2,1H3,(H,22,24)(H2,21,23,25). The van der Waals surface area contributed by atoms with E-state index < -0.39 is 0 Å². The Morgan fingerprint density at radius 3 is 2.20 bits per heavy atom. The summed E-state index contributed by atoms with van der Waals surface area (Å²) in [7, 11) is 0. The topological polar surface area (TPSA) is 53.2 Å². The van der Waals surface area contributed by atoms with Crippen LogP contribution < -0.4 is 16.2 Å². The van der Waals surface area contributed by atoms with Crippen LogP contribution >= 0.6 is 12.2 Å². The lowest BCUT2D eigenvalue weighted by atomic mass is 9.93. The summed E-state index contributed by atoms with van der Waals surface area (Å²) in [5.41, 5.74) is 11.0. The first-order valence-corrected chi connectivity index (χ1v) is 9.10. The van der Waals surface area contributed by atoms with E-state index in [1.807, 2.05) is 13.0 Å². The van der Waals surface area contributed by atoms with Crippen LogP contribution in [-0.4, -0.2) is 17.6 Å². The van der Waals surface area contributed by atoms with Gasteiger partial charge in [0.05, 0.1) is 0 Å². The van der Waals surface area contributed by atoms with Crippen LogP contribution in [-0.2, 0) is 25.7 Å². The summed E-state index contributed by atoms with van der Waals surface area (Å²) in [6.45, 7) is 2.66. The molecule has 25 heavy (non-hydrogen) atoms. The Morgan fingerprint density at radius 2 is 1.52 bits per heavy atom. The number of nitrogens with one attached hydrogen (secondary N) is 3. The van der Waals surface area contributed by atoms with Gasteiger partial charge in [0, 0.05) is 12.1 Å². The number of benzene rings is 2. The van der Waals surface area contributed by atoms with Crippen molar-refractivity contribution in [3.63, 3.8) is 0 Å². The van der Waals surface area contributed by atoms with E-state index in [0.29, 0.717) is 11.7 Å². The number of hydrogen-bond donors (Lipinski definition) is 3. The Hall–Kier alpha value is -2.40. The zero-order valence-electron chi connectivity index (χ0n) is 14.4. The van der Waals surface area contributed by atoms with Gasteiger partial charge >= 0.3 is 0 Å². The predicted molar refractivity (Wildman–Crippen MR) is 105 cm³/mol. The molecule has 1 amide bonds. The van der Waals surface area contributed by atoms with Crippen molar-refractivity contribution in [1.82, 2.24) is 16.2 Å². The summed E-state index contributed by atoms with van der Waals surface area (Å²) in [5.74, 6) is -0.150. The van der Waals surface area contributed by atoms with E-state index in [1.54, 1.807) is 0 Å². The molecular weight excluding hydrogens is 330 g/mol. The Morgan fingerprint density at radius 1 is 0.920 bits per heavy atom. The van der Waals surface area contributed by atoms with Gasteiger partial charge in [0.15, 0.2) is 5.11 Å². The molecule has 2 aromatic rings. The molecule has 2 aromatic carbocycles. The maximum atomic E-state index is 12.6. The number of carbonyl (C=O) groups is 1. The summed E-state index contributed by atoms with van der Waals surface area (Å²) in [5, 5.41) is 3.37. The van der Waals surface area contributed by atoms with E-state index in [0.717, 1.165) is 36.8 Å². The molecule has 0 unspecified atom stereocenters. The highest BCUT2D eigenvalue weighted by Gasteiger charge is 2.14. The van der Waals surface area contributed by atoms with Gasteiger partial charge in [-0.15, -0.1) is 0 Å². The van der Waals surface area contributed by atoms with E-state index in [9.17, 15) is 4.79 Å². The quantitative estimate of drug-likeness (QED) is 0.574. The maximum absolute atomic E-state index is 12.6. The fraction of sp³-hybridized carbons (Fsp3) is 0.300. The van der Waals surface area contributed by atoms with E-state index in [4.69, 9.17) is 12.2 Å². The Kier molecular flexibility index (Phi) is 5.66. The summed E-state index contributed by atoms with van der Waals surface area (Å²) in [4.78, 5) is 12.6. The van der Waals surface area contributed by atoms with E-state index in [2.05, 4.69) is 52.6 Å². The molecule has 5 heteroatoms. The summed E-state index contributed by atoms with van der Waals surface area (Å²) in [6, 6.07) is 15.0. The molecular formula is C20H23N3OS. The average molecular weight is 353 g/mol. The minimum Gasteiger partial charge on any atom is -0.362 e. The highest BCUT2D eigenvalue weighted by Crippen LogP contribution is 2.19. The molecule has 0 saturated heterocycles. The van der Waals surface area contributed by atoms with Gasteiger partial charge < -0.3 is 5.32 Å². The molecule has 130 valence electrons. The van der Waals surface area contributed by atoms with E-state index in [-0.39, 0.29) is 5.91 Å². The monoisotopic (exact) mass is 353 g/mol. The van der Waals surface area contributed by atoms with Crippen molar-refractivity contribution in [3.05, 3.63) is 70.3 Å². The number of hydrogen-bond acceptors (Lipinski definition) is 2. The zero-order chi connectivity index (χ0) is 17.6. The van der Waals surface area contributed by atoms with Gasteiger partial charge in [-0.1, -0.05) is 36.4 Å². The largest absolute Gasteiger partial charge is 0.362 e. The first kappa shape index (κ1) is 17.4. The molecule has 0 aromatic heterocycles. The van der Waals surface area contributed by atoms with Crippen LogP contribution in [0.3, 0.4) is 0 Å². The first-order valence-electron chi connectivity index (χ1n) is 8.69. The normalized spacial score (nSPS) is 12.8. The fourth-order valence-electron chi connectivity index (χ4n) is 3.03. The molecule has 4 nitrogen and oxygen atoms in total. The lowest BCUT2D eigenvalue weighted by molar-refractivity contribution is 0.0942. The molecule has 4 aliphatic carbocycles. The molecule has 3 N–H and O–H groups in total. The number of amides is 1. The Balaban J connectivity index is 1.80. The highest BCUT2D eigenvalue weighted by molar-refractivity contribution is 7.80. The molecule has 0 heterocycles. The molecule has 0 aliphatic heterocycles. The Labute approximate surface area is 154 Å². The van der Waals surface area contributed by atoms with E-state index >= 15 is 0 Å². The minimum atomic E-state index is -0.150. The van der Waals surface area contributed by atoms with Gasteiger partial charge in [-0.2, -0.15) is 0 Å². The van der Waals surface area contributed by atoms with Crippen LogP contribution in [0.25, 0.3) is 0 Å². The molecule has 0 spiro atoms. The second-order valence-corrected chi connectivity index (χ2v) is 6.65. The molecule has 0 fully saturated rings. The van der Waals surface area contributed by atoms with Crippen molar-refractivity contribution in [2.45, 2.75) is 32.6 Å². The van der Waals surface area contributed by atoms with Gasteiger partial charge in [0.1, 0.15) is 0 Å². The van der Waals surface area contributed by atoms with Crippen molar-refractivity contribution in [2.75, 3.05) is 6.54 Å². The van der Waals surface area contributed by atoms with Crippen LogP contribution in [0, 0.1) is 0 Å². The lowest BCUT2D eigenvalue weighted by Crippen LogP contribution is -2.46. The van der Waals surface area contributed by atoms with Crippen LogP contribution in [0.15, 0.2) is 42.5 Å². The molecule has 4 aliphatic rings. The number of aryl methyl sites for hydroxylation is 4. The van der Waals surface area contributed by atoms with Crippen molar-refractivity contribution in [3.8, 4) is 0 Å². The molecule has 0 radical (unpaired) electrons. The van der Waals surface area contributed by atoms with Gasteiger partial charge in [0.25, 0.3) is 5.91 Å². The van der Waals surface area contributed by atoms with Gasteiger partial charge in [-0.3, -0.25) is 15.6 Å². The van der Waals surface area contributed by atoms with Crippen LogP contribution in [0.2, 0.25) is 0 Å². The number of hydrazine groups is 1. The summed E-state index contributed by atoms with van der Waals surface area (Å²) >= 11 is 5.09. The number of carbonyl (C=O) groups excluding carboxylic acids is 1. The predicted octanol–water partition coefficient (Wildman–Crippen LogP) is 2.70. The van der Waals surface area contributed by atoms with Crippen molar-refractivity contribution in [1.29, 1.82) is 0 Å². The third-order valence-electron chi connectivity index (χ3n) is 4.45.